The fraction of sp³-hybridized carbons (Fsp3) is 0.133. The molecule has 5 heteroatoms. The molecule has 0 aromatic heterocycles. The van der Waals surface area contributed by atoms with Crippen molar-refractivity contribution in [3.05, 3.63) is 57.0 Å². The van der Waals surface area contributed by atoms with Crippen molar-refractivity contribution in [2.75, 3.05) is 10.6 Å². The molecule has 0 radical (unpaired) electrons. The van der Waals surface area contributed by atoms with Gasteiger partial charge in [0.2, 0.25) is 0 Å². The van der Waals surface area contributed by atoms with E-state index >= 15 is 0 Å². The summed E-state index contributed by atoms with van der Waals surface area (Å²) in [6.45, 7) is 4.13. The summed E-state index contributed by atoms with van der Waals surface area (Å²) in [5.74, 6) is 0. The first-order valence-electron chi connectivity index (χ1n) is 6.06. The molecule has 0 aliphatic heterocycles. The van der Waals surface area contributed by atoms with Gasteiger partial charge >= 0.3 is 0 Å². The maximum absolute atomic E-state index is 6.15. The second-order valence-electron chi connectivity index (χ2n) is 4.45. The van der Waals surface area contributed by atoms with Gasteiger partial charge in [0.25, 0.3) is 0 Å². The lowest BCUT2D eigenvalue weighted by Crippen LogP contribution is -2.20. The monoisotopic (exact) mass is 368 g/mol. The molecule has 0 bridgehead atoms. The predicted octanol–water partition coefficient (Wildman–Crippen LogP) is 5.53. The van der Waals surface area contributed by atoms with Crippen LogP contribution in [-0.4, -0.2) is 5.11 Å². The van der Waals surface area contributed by atoms with E-state index in [1.54, 1.807) is 0 Å². The van der Waals surface area contributed by atoms with Crippen molar-refractivity contribution in [2.24, 2.45) is 0 Å². The largest absolute Gasteiger partial charge is 0.332 e. The molecule has 2 N–H and O–H groups in total. The Labute approximate surface area is 137 Å². The zero-order valence-corrected chi connectivity index (χ0v) is 14.3. The molecule has 2 aromatic rings. The number of halogens is 2. The summed E-state index contributed by atoms with van der Waals surface area (Å²) < 4.78 is 0.932. The van der Waals surface area contributed by atoms with Crippen LogP contribution in [0.2, 0.25) is 5.02 Å². The fourth-order valence-electron chi connectivity index (χ4n) is 1.75. The van der Waals surface area contributed by atoms with Crippen molar-refractivity contribution in [3.63, 3.8) is 0 Å². The van der Waals surface area contributed by atoms with E-state index in [-0.39, 0.29) is 0 Å². The molecule has 2 aromatic carbocycles. The normalized spacial score (nSPS) is 10.2. The van der Waals surface area contributed by atoms with Gasteiger partial charge in [-0.05, 0) is 61.5 Å². The number of nitrogens with one attached hydrogen (secondary N) is 2. The van der Waals surface area contributed by atoms with Crippen molar-refractivity contribution in [2.45, 2.75) is 13.8 Å². The highest BCUT2D eigenvalue weighted by Crippen LogP contribution is 2.26. The summed E-state index contributed by atoms with van der Waals surface area (Å²) in [5.41, 5.74) is 4.17. The number of aryl methyl sites for hydroxylation is 1. The lowest BCUT2D eigenvalue weighted by atomic mass is 10.1. The zero-order valence-electron chi connectivity index (χ0n) is 11.1. The lowest BCUT2D eigenvalue weighted by Gasteiger charge is -2.14. The molecule has 2 nitrogen and oxygen atoms in total. The SMILES string of the molecule is Cc1cccc(NC(=S)Nc2ccc(Br)cc2Cl)c1C. The number of anilines is 2. The Morgan fingerprint density at radius 3 is 2.50 bits per heavy atom. The van der Waals surface area contributed by atoms with Gasteiger partial charge in [0, 0.05) is 10.2 Å². The van der Waals surface area contributed by atoms with Crippen LogP contribution in [0.3, 0.4) is 0 Å². The van der Waals surface area contributed by atoms with Crippen LogP contribution in [0, 0.1) is 13.8 Å². The maximum atomic E-state index is 6.15. The van der Waals surface area contributed by atoms with Crippen LogP contribution in [0.25, 0.3) is 0 Å². The summed E-state index contributed by atoms with van der Waals surface area (Å²) in [5, 5.41) is 7.42. The second kappa shape index (κ2) is 6.57. The summed E-state index contributed by atoms with van der Waals surface area (Å²) in [4.78, 5) is 0. The van der Waals surface area contributed by atoms with E-state index in [1.807, 2.05) is 30.3 Å². The lowest BCUT2D eigenvalue weighted by molar-refractivity contribution is 1.34. The first-order chi connectivity index (χ1) is 9.47. The summed E-state index contributed by atoms with van der Waals surface area (Å²) in [6.07, 6.45) is 0. The quantitative estimate of drug-likeness (QED) is 0.681. The Bertz CT molecular complexity index is 658. The Morgan fingerprint density at radius 1 is 1.10 bits per heavy atom. The van der Waals surface area contributed by atoms with Crippen LogP contribution in [0.1, 0.15) is 11.1 Å². The van der Waals surface area contributed by atoms with E-state index < -0.39 is 0 Å². The number of thiocarbonyl (C=S) groups is 1. The molecular weight excluding hydrogens is 356 g/mol. The Hall–Kier alpha value is -1.10. The summed E-state index contributed by atoms with van der Waals surface area (Å²) >= 11 is 14.8. The average Bonchev–Trinajstić information content (AvgIpc) is 2.38. The van der Waals surface area contributed by atoms with Gasteiger partial charge in [0.15, 0.2) is 5.11 Å². The average molecular weight is 370 g/mol. The van der Waals surface area contributed by atoms with Crippen LogP contribution in [0.4, 0.5) is 11.4 Å². The fourth-order valence-corrected chi connectivity index (χ4v) is 2.69. The van der Waals surface area contributed by atoms with Crippen molar-refractivity contribution in [3.8, 4) is 0 Å². The van der Waals surface area contributed by atoms with Crippen molar-refractivity contribution < 1.29 is 0 Å². The second-order valence-corrected chi connectivity index (χ2v) is 6.18. The van der Waals surface area contributed by atoms with Crippen LogP contribution in [0.5, 0.6) is 0 Å². The molecular formula is C15H14BrClN2S. The molecule has 2 rings (SSSR count). The maximum Gasteiger partial charge on any atom is 0.175 e. The molecule has 0 fully saturated rings. The van der Waals surface area contributed by atoms with Gasteiger partial charge in [-0.1, -0.05) is 39.7 Å². The molecule has 0 saturated heterocycles. The van der Waals surface area contributed by atoms with Gasteiger partial charge in [-0.3, -0.25) is 0 Å². The van der Waals surface area contributed by atoms with Gasteiger partial charge in [-0.25, -0.2) is 0 Å². The minimum absolute atomic E-state index is 0.517. The molecule has 0 saturated carbocycles. The third-order valence-electron chi connectivity index (χ3n) is 3.03. The first kappa shape index (κ1) is 15.3. The van der Waals surface area contributed by atoms with Gasteiger partial charge in [0.05, 0.1) is 10.7 Å². The van der Waals surface area contributed by atoms with Crippen LogP contribution < -0.4 is 10.6 Å². The highest BCUT2D eigenvalue weighted by atomic mass is 79.9. The third-order valence-corrected chi connectivity index (χ3v) is 4.04. The minimum atomic E-state index is 0.517. The first-order valence-corrected chi connectivity index (χ1v) is 7.64. The number of rotatable bonds is 2. The van der Waals surface area contributed by atoms with Gasteiger partial charge < -0.3 is 10.6 Å². The zero-order chi connectivity index (χ0) is 14.7. The Balaban J connectivity index is 2.11. The molecule has 104 valence electrons. The molecule has 0 spiro atoms. The molecule has 0 aliphatic carbocycles. The highest BCUT2D eigenvalue weighted by Gasteiger charge is 2.06. The topological polar surface area (TPSA) is 24.1 Å². The predicted molar refractivity (Wildman–Crippen MR) is 94.9 cm³/mol. The van der Waals surface area contributed by atoms with E-state index in [4.69, 9.17) is 23.8 Å². The van der Waals surface area contributed by atoms with Crippen molar-refractivity contribution >= 4 is 56.2 Å². The molecule has 20 heavy (non-hydrogen) atoms. The van der Waals surface area contributed by atoms with E-state index in [2.05, 4.69) is 46.5 Å². The van der Waals surface area contributed by atoms with Crippen LogP contribution in [0.15, 0.2) is 40.9 Å². The summed E-state index contributed by atoms with van der Waals surface area (Å²) in [6, 6.07) is 11.7. The number of benzene rings is 2. The molecule has 0 aliphatic rings. The standard InChI is InChI=1S/C15H14BrClN2S/c1-9-4-3-5-13(10(9)2)18-15(20)19-14-7-6-11(16)8-12(14)17/h3-8H,1-2H3,(H2,18,19,20). The van der Waals surface area contributed by atoms with Gasteiger partial charge in [-0.15, -0.1) is 0 Å². The van der Waals surface area contributed by atoms with Gasteiger partial charge in [-0.2, -0.15) is 0 Å². The number of hydrogen-bond donors (Lipinski definition) is 2. The third kappa shape index (κ3) is 3.72. The summed E-state index contributed by atoms with van der Waals surface area (Å²) in [7, 11) is 0. The Kier molecular flexibility index (Phi) is 5.02. The minimum Gasteiger partial charge on any atom is -0.332 e. The smallest absolute Gasteiger partial charge is 0.175 e. The number of hydrogen-bond acceptors (Lipinski definition) is 1. The molecule has 0 heterocycles. The van der Waals surface area contributed by atoms with E-state index in [0.29, 0.717) is 10.1 Å². The molecule has 0 unspecified atom stereocenters. The van der Waals surface area contributed by atoms with Gasteiger partial charge in [0.1, 0.15) is 0 Å². The Morgan fingerprint density at radius 2 is 1.80 bits per heavy atom. The van der Waals surface area contributed by atoms with E-state index in [9.17, 15) is 0 Å². The highest BCUT2D eigenvalue weighted by molar-refractivity contribution is 9.10. The molecule has 0 atom stereocenters. The van der Waals surface area contributed by atoms with Crippen molar-refractivity contribution in [1.82, 2.24) is 0 Å². The van der Waals surface area contributed by atoms with E-state index in [1.165, 1.54) is 11.1 Å². The van der Waals surface area contributed by atoms with Crippen molar-refractivity contribution in [1.29, 1.82) is 0 Å². The van der Waals surface area contributed by atoms with Crippen LogP contribution in [-0.2, 0) is 0 Å². The van der Waals surface area contributed by atoms with Crippen LogP contribution >= 0.6 is 39.7 Å². The molecule has 0 amide bonds. The van der Waals surface area contributed by atoms with E-state index in [0.717, 1.165) is 15.8 Å².